The number of nitrogens with zero attached hydrogens (tertiary/aromatic N) is 1. The topological polar surface area (TPSA) is 87.1 Å². The van der Waals surface area contributed by atoms with E-state index in [1.54, 1.807) is 0 Å². The maximum absolute atomic E-state index is 9.55. The van der Waals surface area contributed by atoms with Gasteiger partial charge in [0, 0.05) is 31.2 Å². The molecule has 0 spiro atoms. The summed E-state index contributed by atoms with van der Waals surface area (Å²) in [6, 6.07) is 6.04. The van der Waals surface area contributed by atoms with E-state index >= 15 is 0 Å². The number of hydrogen-bond donors (Lipinski definition) is 2. The van der Waals surface area contributed by atoms with Crippen LogP contribution in [0.15, 0.2) is 30.4 Å². The van der Waals surface area contributed by atoms with Crippen LogP contribution in [0.1, 0.15) is 31.7 Å². The molecule has 0 aliphatic carbocycles. The highest BCUT2D eigenvalue weighted by atomic mass is 35.5. The van der Waals surface area contributed by atoms with Crippen LogP contribution in [0.2, 0.25) is 10.0 Å². The van der Waals surface area contributed by atoms with Crippen LogP contribution in [-0.2, 0) is 14.3 Å². The van der Waals surface area contributed by atoms with Crippen molar-refractivity contribution in [1.29, 1.82) is 0 Å². The fourth-order valence-electron chi connectivity index (χ4n) is 3.16. The molecule has 0 radical (unpaired) electrons. The van der Waals surface area contributed by atoms with E-state index in [4.69, 9.17) is 38.2 Å². The fourth-order valence-corrected chi connectivity index (χ4v) is 3.47. The fraction of sp³-hybridized carbons (Fsp3) is 0.524. The van der Waals surface area contributed by atoms with Gasteiger partial charge in [-0.15, -0.1) is 0 Å². The molecule has 1 saturated heterocycles. The number of benzene rings is 1. The van der Waals surface area contributed by atoms with Gasteiger partial charge < -0.3 is 19.8 Å². The van der Waals surface area contributed by atoms with Gasteiger partial charge >= 0.3 is 11.9 Å². The van der Waals surface area contributed by atoms with Gasteiger partial charge in [-0.05, 0) is 49.5 Å². The number of likely N-dealkylation sites (tertiary alicyclic amines) is 1. The highest BCUT2D eigenvalue weighted by Crippen LogP contribution is 2.35. The summed E-state index contributed by atoms with van der Waals surface area (Å²) in [6.07, 6.45) is 2.26. The number of ether oxygens (including phenoxy) is 1. The monoisotopic (exact) mass is 445 g/mol. The Morgan fingerprint density at radius 3 is 2.34 bits per heavy atom. The molecule has 6 nitrogen and oxygen atoms in total. The molecule has 2 rings (SSSR count). The maximum Gasteiger partial charge on any atom is 0.328 e. The Hall–Kier alpha value is -1.60. The predicted molar refractivity (Wildman–Crippen MR) is 115 cm³/mol. The average molecular weight is 446 g/mol. The zero-order valence-corrected chi connectivity index (χ0v) is 18.5. The second-order valence-corrected chi connectivity index (χ2v) is 8.35. The van der Waals surface area contributed by atoms with E-state index < -0.39 is 11.9 Å². The molecule has 0 saturated carbocycles. The molecule has 1 heterocycles. The van der Waals surface area contributed by atoms with Crippen molar-refractivity contribution in [2.45, 2.75) is 26.2 Å². The second kappa shape index (κ2) is 12.9. The van der Waals surface area contributed by atoms with Crippen molar-refractivity contribution in [2.24, 2.45) is 11.8 Å². The first kappa shape index (κ1) is 25.4. The highest BCUT2D eigenvalue weighted by molar-refractivity contribution is 6.42. The predicted octanol–water partition coefficient (Wildman–Crippen LogP) is 4.41. The highest BCUT2D eigenvalue weighted by Gasteiger charge is 2.29. The molecule has 2 N–H and O–H groups in total. The van der Waals surface area contributed by atoms with Crippen LogP contribution < -0.4 is 0 Å². The van der Waals surface area contributed by atoms with Crippen molar-refractivity contribution in [1.82, 2.24) is 4.90 Å². The third kappa shape index (κ3) is 10.1. The Balaban J connectivity index is 0.000000447. The molecule has 29 heavy (non-hydrogen) atoms. The van der Waals surface area contributed by atoms with E-state index in [1.165, 1.54) is 5.56 Å². The lowest BCUT2D eigenvalue weighted by Crippen LogP contribution is -2.39. The molecule has 1 aromatic rings. The van der Waals surface area contributed by atoms with Gasteiger partial charge in [0.25, 0.3) is 0 Å². The van der Waals surface area contributed by atoms with E-state index in [9.17, 15) is 9.59 Å². The first-order chi connectivity index (χ1) is 13.6. The van der Waals surface area contributed by atoms with Gasteiger partial charge in [0.15, 0.2) is 0 Å². The number of halogens is 2. The van der Waals surface area contributed by atoms with Crippen molar-refractivity contribution < 1.29 is 24.5 Å². The van der Waals surface area contributed by atoms with Crippen LogP contribution in [0.3, 0.4) is 0 Å². The van der Waals surface area contributed by atoms with Crippen LogP contribution in [0, 0.1) is 11.8 Å². The molecule has 8 heteroatoms. The zero-order valence-electron chi connectivity index (χ0n) is 17.0. The summed E-state index contributed by atoms with van der Waals surface area (Å²) in [4.78, 5) is 21.5. The van der Waals surface area contributed by atoms with Gasteiger partial charge in [0.1, 0.15) is 0 Å². The van der Waals surface area contributed by atoms with Crippen LogP contribution in [0.5, 0.6) is 0 Å². The Bertz CT molecular complexity index is 692. The van der Waals surface area contributed by atoms with Crippen LogP contribution >= 0.6 is 23.2 Å². The van der Waals surface area contributed by atoms with E-state index in [0.717, 1.165) is 32.7 Å². The summed E-state index contributed by atoms with van der Waals surface area (Å²) in [5.74, 6) is -0.919. The van der Waals surface area contributed by atoms with E-state index in [-0.39, 0.29) is 0 Å². The summed E-state index contributed by atoms with van der Waals surface area (Å²) in [5, 5.41) is 16.9. The number of hydrogen-bond acceptors (Lipinski definition) is 4. The molecule has 0 unspecified atom stereocenters. The maximum atomic E-state index is 9.55. The van der Waals surface area contributed by atoms with Gasteiger partial charge in [-0.25, -0.2) is 9.59 Å². The summed E-state index contributed by atoms with van der Waals surface area (Å²) in [5.41, 5.74) is 1.29. The van der Waals surface area contributed by atoms with Gasteiger partial charge in [0.05, 0.1) is 16.7 Å². The lowest BCUT2D eigenvalue weighted by Gasteiger charge is -2.37. The Morgan fingerprint density at radius 2 is 1.83 bits per heavy atom. The number of carbonyl (C=O) groups is 2. The van der Waals surface area contributed by atoms with Crippen LogP contribution in [-0.4, -0.2) is 60.4 Å². The van der Waals surface area contributed by atoms with Gasteiger partial charge in [0.2, 0.25) is 0 Å². The van der Waals surface area contributed by atoms with Crippen molar-refractivity contribution in [3.63, 3.8) is 0 Å². The molecule has 0 amide bonds. The summed E-state index contributed by atoms with van der Waals surface area (Å²) >= 11 is 12.2. The van der Waals surface area contributed by atoms with Gasteiger partial charge in [-0.3, -0.25) is 0 Å². The van der Waals surface area contributed by atoms with Crippen molar-refractivity contribution >= 4 is 35.1 Å². The summed E-state index contributed by atoms with van der Waals surface area (Å²) in [7, 11) is 2.18. The Morgan fingerprint density at radius 1 is 1.21 bits per heavy atom. The quantitative estimate of drug-likeness (QED) is 0.604. The van der Waals surface area contributed by atoms with Gasteiger partial charge in [-0.2, -0.15) is 0 Å². The lowest BCUT2D eigenvalue weighted by molar-refractivity contribution is -0.134. The van der Waals surface area contributed by atoms with Crippen molar-refractivity contribution in [3.05, 3.63) is 46.0 Å². The zero-order chi connectivity index (χ0) is 22.0. The molecule has 1 aromatic carbocycles. The Labute approximate surface area is 182 Å². The number of carboxylic acid groups (broad SMARTS) is 2. The van der Waals surface area contributed by atoms with E-state index in [0.29, 0.717) is 40.0 Å². The molecule has 2 atom stereocenters. The standard InChI is InChI=1S/C17H25Cl2NO.C4H4O4/c1-12(2)10-21-11-14-9-20(3)7-6-15(14)13-4-5-16(18)17(19)8-13;5-3(6)1-2-4(7)8/h4-5,8,12,14-15H,6-7,9-11H2,1-3H3;1-2H,(H,5,6)(H,7,8)/b;2-1+/t14-,15-;/m1./s1. The van der Waals surface area contributed by atoms with Crippen molar-refractivity contribution in [2.75, 3.05) is 33.4 Å². The number of rotatable bonds is 7. The summed E-state index contributed by atoms with van der Waals surface area (Å²) < 4.78 is 5.90. The minimum absolute atomic E-state index is 0.503. The minimum Gasteiger partial charge on any atom is -0.478 e. The molecule has 1 aliphatic heterocycles. The molecule has 0 bridgehead atoms. The van der Waals surface area contributed by atoms with Crippen LogP contribution in [0.25, 0.3) is 0 Å². The molecule has 0 aromatic heterocycles. The lowest BCUT2D eigenvalue weighted by atomic mass is 9.81. The largest absolute Gasteiger partial charge is 0.478 e. The summed E-state index contributed by atoms with van der Waals surface area (Å²) in [6.45, 7) is 8.20. The number of piperidine rings is 1. The molecular formula is C21H29Cl2NO5. The van der Waals surface area contributed by atoms with E-state index in [2.05, 4.69) is 31.9 Å². The van der Waals surface area contributed by atoms with E-state index in [1.807, 2.05) is 12.1 Å². The third-order valence-electron chi connectivity index (χ3n) is 4.46. The normalized spacial score (nSPS) is 19.8. The Kier molecular flexibility index (Phi) is 11.3. The third-order valence-corrected chi connectivity index (χ3v) is 5.20. The minimum atomic E-state index is -1.26. The average Bonchev–Trinajstić information content (AvgIpc) is 2.63. The molecule has 1 fully saturated rings. The smallest absolute Gasteiger partial charge is 0.328 e. The SMILES string of the molecule is CC(C)COC[C@H]1CN(C)CC[C@@H]1c1ccc(Cl)c(Cl)c1.O=C(O)/C=C/C(=O)O. The van der Waals surface area contributed by atoms with Gasteiger partial charge in [-0.1, -0.05) is 43.1 Å². The number of carboxylic acids is 2. The van der Waals surface area contributed by atoms with Crippen molar-refractivity contribution in [3.8, 4) is 0 Å². The molecule has 162 valence electrons. The first-order valence-corrected chi connectivity index (χ1v) is 10.2. The molecular weight excluding hydrogens is 417 g/mol. The second-order valence-electron chi connectivity index (χ2n) is 7.53. The first-order valence-electron chi connectivity index (χ1n) is 9.45. The van der Waals surface area contributed by atoms with Crippen LogP contribution in [0.4, 0.5) is 0 Å². The number of aliphatic carboxylic acids is 2. The molecule has 1 aliphatic rings.